The monoisotopic (exact) mass is 387 g/mol. The van der Waals surface area contributed by atoms with Crippen molar-refractivity contribution in [3.8, 4) is 5.69 Å². The molecule has 0 saturated carbocycles. The number of para-hydroxylation sites is 2. The Morgan fingerprint density at radius 1 is 0.931 bits per heavy atom. The molecular weight excluding hydrogens is 366 g/mol. The summed E-state index contributed by atoms with van der Waals surface area (Å²) in [7, 11) is 1.81. The summed E-state index contributed by atoms with van der Waals surface area (Å²) in [6, 6.07) is 18.6. The molecule has 0 aliphatic carbocycles. The lowest BCUT2D eigenvalue weighted by Crippen LogP contribution is -2.28. The van der Waals surface area contributed by atoms with Gasteiger partial charge < -0.3 is 0 Å². The number of hydrogen-bond donors (Lipinski definition) is 0. The van der Waals surface area contributed by atoms with E-state index >= 15 is 0 Å². The van der Waals surface area contributed by atoms with Crippen molar-refractivity contribution in [2.24, 2.45) is 23.1 Å². The SMILES string of the molecule is CC1=NN(c2ccccc2)C(=O)[C@H]1C=Nc1c(C)n(C)n(-c2ccccc2)c1=O. The minimum atomic E-state index is -0.598. The molecule has 1 aliphatic heterocycles. The van der Waals surface area contributed by atoms with Crippen molar-refractivity contribution in [2.75, 3.05) is 5.01 Å². The van der Waals surface area contributed by atoms with Gasteiger partial charge in [-0.15, -0.1) is 0 Å². The van der Waals surface area contributed by atoms with E-state index in [0.29, 0.717) is 17.1 Å². The molecule has 1 aliphatic rings. The van der Waals surface area contributed by atoms with Crippen LogP contribution in [-0.4, -0.2) is 27.2 Å². The maximum atomic E-state index is 13.0. The molecule has 1 atom stereocenters. The molecule has 0 spiro atoms. The first-order valence-electron chi connectivity index (χ1n) is 9.31. The predicted molar refractivity (Wildman–Crippen MR) is 114 cm³/mol. The summed E-state index contributed by atoms with van der Waals surface area (Å²) in [5.74, 6) is -0.784. The second-order valence-electron chi connectivity index (χ2n) is 6.89. The van der Waals surface area contributed by atoms with Gasteiger partial charge in [0.1, 0.15) is 5.92 Å². The summed E-state index contributed by atoms with van der Waals surface area (Å²) in [5, 5.41) is 5.75. The maximum absolute atomic E-state index is 13.0. The fourth-order valence-corrected chi connectivity index (χ4v) is 3.36. The Morgan fingerprint density at radius 3 is 2.14 bits per heavy atom. The zero-order chi connectivity index (χ0) is 20.5. The smallest absolute Gasteiger partial charge is 0.283 e. The molecule has 3 aromatic rings. The molecule has 0 radical (unpaired) electrons. The molecule has 1 aromatic heterocycles. The summed E-state index contributed by atoms with van der Waals surface area (Å²) in [5.41, 5.74) is 2.90. The van der Waals surface area contributed by atoms with Gasteiger partial charge in [-0.1, -0.05) is 36.4 Å². The molecule has 0 fully saturated rings. The predicted octanol–water partition coefficient (Wildman–Crippen LogP) is 3.23. The van der Waals surface area contributed by atoms with Gasteiger partial charge in [0.2, 0.25) is 0 Å². The lowest BCUT2D eigenvalue weighted by Gasteiger charge is -2.12. The first kappa shape index (κ1) is 18.6. The highest BCUT2D eigenvalue weighted by Gasteiger charge is 2.33. The second-order valence-corrected chi connectivity index (χ2v) is 6.89. The Kier molecular flexibility index (Phi) is 4.72. The number of rotatable bonds is 4. The van der Waals surface area contributed by atoms with Crippen molar-refractivity contribution in [1.29, 1.82) is 0 Å². The normalized spacial score (nSPS) is 16.7. The van der Waals surface area contributed by atoms with Gasteiger partial charge >= 0.3 is 0 Å². The Morgan fingerprint density at radius 2 is 1.52 bits per heavy atom. The van der Waals surface area contributed by atoms with E-state index in [2.05, 4.69) is 10.1 Å². The highest BCUT2D eigenvalue weighted by atomic mass is 16.2. The van der Waals surface area contributed by atoms with Crippen LogP contribution in [0.5, 0.6) is 0 Å². The Labute approximate surface area is 168 Å². The Balaban J connectivity index is 1.66. The zero-order valence-corrected chi connectivity index (χ0v) is 16.5. The van der Waals surface area contributed by atoms with Gasteiger partial charge in [0.25, 0.3) is 11.5 Å². The van der Waals surface area contributed by atoms with Crippen molar-refractivity contribution in [3.05, 3.63) is 76.7 Å². The summed E-state index contributed by atoms with van der Waals surface area (Å²) < 4.78 is 3.33. The van der Waals surface area contributed by atoms with Crippen LogP contribution in [0, 0.1) is 12.8 Å². The number of nitrogens with zero attached hydrogens (tertiary/aromatic N) is 5. The molecule has 146 valence electrons. The minimum absolute atomic E-state index is 0.186. The quantitative estimate of drug-likeness (QED) is 0.645. The van der Waals surface area contributed by atoms with Crippen molar-refractivity contribution >= 4 is 29.2 Å². The largest absolute Gasteiger partial charge is 0.297 e. The Hall–Kier alpha value is -3.74. The molecule has 7 heteroatoms. The van der Waals surface area contributed by atoms with E-state index in [4.69, 9.17) is 0 Å². The van der Waals surface area contributed by atoms with Crippen LogP contribution in [0.3, 0.4) is 0 Å². The fourth-order valence-electron chi connectivity index (χ4n) is 3.36. The van der Waals surface area contributed by atoms with E-state index in [9.17, 15) is 9.59 Å². The van der Waals surface area contributed by atoms with Crippen LogP contribution >= 0.6 is 0 Å². The van der Waals surface area contributed by atoms with E-state index in [-0.39, 0.29) is 11.5 Å². The third-order valence-electron chi connectivity index (χ3n) is 5.06. The summed E-state index contributed by atoms with van der Waals surface area (Å²) >= 11 is 0. The van der Waals surface area contributed by atoms with Crippen LogP contribution in [-0.2, 0) is 11.8 Å². The molecule has 0 saturated heterocycles. The number of carbonyl (C=O) groups is 1. The third-order valence-corrected chi connectivity index (χ3v) is 5.06. The van der Waals surface area contributed by atoms with Crippen LogP contribution < -0.4 is 10.6 Å². The van der Waals surface area contributed by atoms with Gasteiger partial charge in [0.05, 0.1) is 22.8 Å². The number of hydrazone groups is 1. The molecule has 2 heterocycles. The fraction of sp³-hybridized carbons (Fsp3) is 0.182. The minimum Gasteiger partial charge on any atom is -0.283 e. The third kappa shape index (κ3) is 3.20. The average molecular weight is 387 g/mol. The first-order valence-corrected chi connectivity index (χ1v) is 9.31. The number of anilines is 1. The Bertz CT molecular complexity index is 1170. The van der Waals surface area contributed by atoms with Gasteiger partial charge in [-0.25, -0.2) is 4.68 Å². The molecule has 2 aromatic carbocycles. The lowest BCUT2D eigenvalue weighted by molar-refractivity contribution is -0.118. The molecule has 29 heavy (non-hydrogen) atoms. The maximum Gasteiger partial charge on any atom is 0.297 e. The standard InChI is InChI=1S/C22H21N5O2/c1-15-19(21(28)26(24-15)17-10-6-4-7-11-17)14-23-20-16(2)25(3)27(22(20)29)18-12-8-5-9-13-18/h4-14,19H,1-3H3/t19-/m0/s1. The first-order chi connectivity index (χ1) is 14.0. The molecular formula is C22H21N5O2. The molecule has 7 nitrogen and oxygen atoms in total. The van der Waals surface area contributed by atoms with E-state index in [1.807, 2.05) is 74.6 Å². The van der Waals surface area contributed by atoms with Crippen LogP contribution in [0.2, 0.25) is 0 Å². The van der Waals surface area contributed by atoms with Crippen molar-refractivity contribution in [3.63, 3.8) is 0 Å². The lowest BCUT2D eigenvalue weighted by atomic mass is 10.1. The van der Waals surface area contributed by atoms with Crippen molar-refractivity contribution in [2.45, 2.75) is 13.8 Å². The van der Waals surface area contributed by atoms with Crippen LogP contribution in [0.25, 0.3) is 5.69 Å². The number of aliphatic imine (C=N–C) groups is 1. The molecule has 0 bridgehead atoms. The van der Waals surface area contributed by atoms with E-state index in [0.717, 1.165) is 11.4 Å². The van der Waals surface area contributed by atoms with Gasteiger partial charge in [-0.2, -0.15) is 10.1 Å². The zero-order valence-electron chi connectivity index (χ0n) is 16.5. The number of hydrogen-bond acceptors (Lipinski definition) is 4. The molecule has 0 N–H and O–H groups in total. The second kappa shape index (κ2) is 7.35. The van der Waals surface area contributed by atoms with E-state index in [1.165, 1.54) is 11.2 Å². The topological polar surface area (TPSA) is 72.0 Å². The average Bonchev–Trinajstić information content (AvgIpc) is 3.14. The van der Waals surface area contributed by atoms with Crippen LogP contribution in [0.1, 0.15) is 12.6 Å². The van der Waals surface area contributed by atoms with Crippen molar-refractivity contribution < 1.29 is 4.79 Å². The number of carbonyl (C=O) groups excluding carboxylic acids is 1. The van der Waals surface area contributed by atoms with Crippen LogP contribution in [0.4, 0.5) is 11.4 Å². The van der Waals surface area contributed by atoms with E-state index < -0.39 is 5.92 Å². The summed E-state index contributed by atoms with van der Waals surface area (Å²) in [4.78, 5) is 30.2. The van der Waals surface area contributed by atoms with Crippen molar-refractivity contribution in [1.82, 2.24) is 9.36 Å². The highest BCUT2D eigenvalue weighted by Crippen LogP contribution is 2.24. The highest BCUT2D eigenvalue weighted by molar-refractivity contribution is 6.23. The number of aromatic nitrogens is 2. The van der Waals surface area contributed by atoms with Gasteiger partial charge in [0.15, 0.2) is 5.69 Å². The summed E-state index contributed by atoms with van der Waals surface area (Å²) in [6.07, 6.45) is 1.52. The number of amides is 1. The van der Waals surface area contributed by atoms with Gasteiger partial charge in [-0.3, -0.25) is 19.3 Å². The molecule has 0 unspecified atom stereocenters. The summed E-state index contributed by atoms with van der Waals surface area (Å²) in [6.45, 7) is 3.62. The van der Waals surface area contributed by atoms with Gasteiger partial charge in [-0.05, 0) is 38.1 Å². The molecule has 4 rings (SSSR count). The van der Waals surface area contributed by atoms with Crippen LogP contribution in [0.15, 0.2) is 75.6 Å². The van der Waals surface area contributed by atoms with E-state index in [1.54, 1.807) is 16.3 Å². The van der Waals surface area contributed by atoms with Gasteiger partial charge in [0, 0.05) is 13.3 Å². The number of benzene rings is 2. The molecule has 1 amide bonds.